The van der Waals surface area contributed by atoms with E-state index in [4.69, 9.17) is 19.6 Å². The number of methoxy groups -OCH3 is 2. The monoisotopic (exact) mass is 372 g/mol. The molecule has 1 atom stereocenters. The molecule has 1 amide bonds. The van der Waals surface area contributed by atoms with E-state index in [0.717, 1.165) is 36.3 Å². The molecule has 0 spiro atoms. The molecule has 0 aliphatic carbocycles. The van der Waals surface area contributed by atoms with Crippen molar-refractivity contribution in [2.45, 2.75) is 45.2 Å². The minimum atomic E-state index is -0.370. The maximum atomic E-state index is 12.7. The van der Waals surface area contributed by atoms with Gasteiger partial charge in [0.1, 0.15) is 11.5 Å². The molecule has 6 nitrogen and oxygen atoms in total. The number of ether oxygens (including phenoxy) is 2. The standard InChI is InChI=1S/C21H28N2O4/c1-14-5-6-16(27-14)7-8-21(2,22)9-10-23-13-15-11-18(25-3)19(26-4)12-17(15)20(23)24/h5-6,11-12H,7-10,13,22H2,1-4H3. The number of carbonyl (C=O) groups excluding carboxylic acids is 1. The third-order valence-corrected chi connectivity index (χ3v) is 5.18. The van der Waals surface area contributed by atoms with Gasteiger partial charge in [-0.1, -0.05) is 0 Å². The van der Waals surface area contributed by atoms with Gasteiger partial charge in [0.15, 0.2) is 11.5 Å². The average molecular weight is 372 g/mol. The SMILES string of the molecule is COc1cc2c(cc1OC)C(=O)N(CCC(C)(N)CCc1ccc(C)o1)C2. The Balaban J connectivity index is 1.60. The smallest absolute Gasteiger partial charge is 0.254 e. The number of benzene rings is 1. The molecule has 6 heteroatoms. The topological polar surface area (TPSA) is 77.9 Å². The fourth-order valence-corrected chi connectivity index (χ4v) is 3.42. The van der Waals surface area contributed by atoms with Crippen molar-refractivity contribution in [1.29, 1.82) is 0 Å². The molecule has 146 valence electrons. The van der Waals surface area contributed by atoms with Crippen LogP contribution in [0, 0.1) is 6.92 Å². The quantitative estimate of drug-likeness (QED) is 0.769. The van der Waals surface area contributed by atoms with Crippen LogP contribution in [0.1, 0.15) is 47.2 Å². The van der Waals surface area contributed by atoms with Crippen LogP contribution in [-0.4, -0.2) is 37.1 Å². The van der Waals surface area contributed by atoms with Crippen molar-refractivity contribution in [3.63, 3.8) is 0 Å². The van der Waals surface area contributed by atoms with Crippen LogP contribution in [0.5, 0.6) is 11.5 Å². The van der Waals surface area contributed by atoms with Crippen LogP contribution in [0.4, 0.5) is 0 Å². The number of aryl methyl sites for hydroxylation is 2. The summed E-state index contributed by atoms with van der Waals surface area (Å²) in [6.45, 7) is 5.15. The van der Waals surface area contributed by atoms with Crippen molar-refractivity contribution in [2.24, 2.45) is 5.73 Å². The summed E-state index contributed by atoms with van der Waals surface area (Å²) in [5.74, 6) is 3.10. The van der Waals surface area contributed by atoms with E-state index >= 15 is 0 Å². The van der Waals surface area contributed by atoms with Gasteiger partial charge >= 0.3 is 0 Å². The molecule has 1 aromatic carbocycles. The first-order chi connectivity index (χ1) is 12.8. The summed E-state index contributed by atoms with van der Waals surface area (Å²) in [5.41, 5.74) is 7.74. The molecular weight excluding hydrogens is 344 g/mol. The molecule has 1 aliphatic rings. The van der Waals surface area contributed by atoms with E-state index in [2.05, 4.69) is 0 Å². The fourth-order valence-electron chi connectivity index (χ4n) is 3.42. The summed E-state index contributed by atoms with van der Waals surface area (Å²) in [6.07, 6.45) is 2.32. The van der Waals surface area contributed by atoms with Crippen LogP contribution in [0.15, 0.2) is 28.7 Å². The van der Waals surface area contributed by atoms with Gasteiger partial charge in [-0.05, 0) is 56.5 Å². The van der Waals surface area contributed by atoms with Crippen LogP contribution in [0.3, 0.4) is 0 Å². The lowest BCUT2D eigenvalue weighted by Crippen LogP contribution is -2.40. The van der Waals surface area contributed by atoms with E-state index in [9.17, 15) is 4.79 Å². The highest BCUT2D eigenvalue weighted by Crippen LogP contribution is 2.35. The molecule has 0 radical (unpaired) electrons. The molecule has 3 rings (SSSR count). The predicted octanol–water partition coefficient (Wildman–Crippen LogP) is 3.30. The number of hydrogen-bond acceptors (Lipinski definition) is 5. The lowest BCUT2D eigenvalue weighted by Gasteiger charge is -2.27. The van der Waals surface area contributed by atoms with Crippen LogP contribution in [-0.2, 0) is 13.0 Å². The number of nitrogens with two attached hydrogens (primary N) is 1. The zero-order valence-electron chi connectivity index (χ0n) is 16.5. The van der Waals surface area contributed by atoms with Crippen LogP contribution in [0.2, 0.25) is 0 Å². The normalized spacial score (nSPS) is 15.6. The van der Waals surface area contributed by atoms with Gasteiger partial charge in [-0.15, -0.1) is 0 Å². The number of furan rings is 1. The first kappa shape index (κ1) is 19.3. The van der Waals surface area contributed by atoms with Crippen molar-refractivity contribution in [1.82, 2.24) is 4.90 Å². The molecule has 0 fully saturated rings. The van der Waals surface area contributed by atoms with Crippen LogP contribution >= 0.6 is 0 Å². The largest absolute Gasteiger partial charge is 0.493 e. The van der Waals surface area contributed by atoms with Crippen molar-refractivity contribution in [2.75, 3.05) is 20.8 Å². The van der Waals surface area contributed by atoms with E-state index < -0.39 is 0 Å². The zero-order valence-corrected chi connectivity index (χ0v) is 16.5. The number of hydrogen-bond donors (Lipinski definition) is 1. The highest BCUT2D eigenvalue weighted by Gasteiger charge is 2.31. The van der Waals surface area contributed by atoms with E-state index in [-0.39, 0.29) is 11.4 Å². The zero-order chi connectivity index (χ0) is 19.6. The molecule has 2 aromatic rings. The Morgan fingerprint density at radius 2 is 1.89 bits per heavy atom. The Morgan fingerprint density at radius 3 is 2.52 bits per heavy atom. The Morgan fingerprint density at radius 1 is 1.19 bits per heavy atom. The molecular formula is C21H28N2O4. The number of carbonyl (C=O) groups is 1. The summed E-state index contributed by atoms with van der Waals surface area (Å²) < 4.78 is 16.3. The third kappa shape index (κ3) is 4.27. The Hall–Kier alpha value is -2.47. The second-order valence-electron chi connectivity index (χ2n) is 7.51. The number of amides is 1. The maximum Gasteiger partial charge on any atom is 0.254 e. The van der Waals surface area contributed by atoms with Crippen molar-refractivity contribution in [3.05, 3.63) is 46.9 Å². The van der Waals surface area contributed by atoms with Gasteiger partial charge < -0.3 is 24.5 Å². The molecule has 0 saturated heterocycles. The second-order valence-corrected chi connectivity index (χ2v) is 7.51. The van der Waals surface area contributed by atoms with Crippen molar-refractivity contribution >= 4 is 5.91 Å². The lowest BCUT2D eigenvalue weighted by molar-refractivity contribution is 0.0766. The highest BCUT2D eigenvalue weighted by molar-refractivity contribution is 5.99. The molecule has 0 bridgehead atoms. The van der Waals surface area contributed by atoms with E-state index in [0.29, 0.717) is 30.2 Å². The summed E-state index contributed by atoms with van der Waals surface area (Å²) in [4.78, 5) is 14.6. The Bertz CT molecular complexity index is 826. The summed E-state index contributed by atoms with van der Waals surface area (Å²) in [5, 5.41) is 0. The van der Waals surface area contributed by atoms with Gasteiger partial charge in [0, 0.05) is 30.6 Å². The Labute approximate surface area is 160 Å². The van der Waals surface area contributed by atoms with Gasteiger partial charge in [0.25, 0.3) is 5.91 Å². The fraction of sp³-hybridized carbons (Fsp3) is 0.476. The summed E-state index contributed by atoms with van der Waals surface area (Å²) in [7, 11) is 3.17. The first-order valence-corrected chi connectivity index (χ1v) is 9.21. The number of nitrogens with zero attached hydrogens (tertiary/aromatic N) is 1. The summed E-state index contributed by atoms with van der Waals surface area (Å²) in [6, 6.07) is 7.60. The lowest BCUT2D eigenvalue weighted by atomic mass is 9.92. The van der Waals surface area contributed by atoms with Gasteiger partial charge in [-0.3, -0.25) is 4.79 Å². The second kappa shape index (κ2) is 7.64. The highest BCUT2D eigenvalue weighted by atomic mass is 16.5. The van der Waals surface area contributed by atoms with Crippen LogP contribution in [0.25, 0.3) is 0 Å². The number of rotatable bonds is 8. The predicted molar refractivity (Wildman–Crippen MR) is 103 cm³/mol. The van der Waals surface area contributed by atoms with Crippen LogP contribution < -0.4 is 15.2 Å². The molecule has 1 aliphatic heterocycles. The van der Waals surface area contributed by atoms with Gasteiger partial charge in [0.2, 0.25) is 0 Å². The van der Waals surface area contributed by atoms with Gasteiger partial charge in [0.05, 0.1) is 14.2 Å². The third-order valence-electron chi connectivity index (χ3n) is 5.18. The minimum absolute atomic E-state index is 0.0170. The van der Waals surface area contributed by atoms with E-state index in [1.165, 1.54) is 0 Å². The molecule has 2 heterocycles. The molecule has 27 heavy (non-hydrogen) atoms. The van der Waals surface area contributed by atoms with Crippen molar-refractivity contribution < 1.29 is 18.7 Å². The van der Waals surface area contributed by atoms with Gasteiger partial charge in [-0.25, -0.2) is 0 Å². The van der Waals surface area contributed by atoms with E-state index in [1.54, 1.807) is 20.3 Å². The maximum absolute atomic E-state index is 12.7. The van der Waals surface area contributed by atoms with E-state index in [1.807, 2.05) is 36.9 Å². The van der Waals surface area contributed by atoms with Crippen molar-refractivity contribution in [3.8, 4) is 11.5 Å². The summed E-state index contributed by atoms with van der Waals surface area (Å²) >= 11 is 0. The Kier molecular flexibility index (Phi) is 5.46. The minimum Gasteiger partial charge on any atom is -0.493 e. The molecule has 1 aromatic heterocycles. The molecule has 2 N–H and O–H groups in total. The van der Waals surface area contributed by atoms with Gasteiger partial charge in [-0.2, -0.15) is 0 Å². The number of fused-ring (bicyclic) bond motifs is 1. The molecule has 0 saturated carbocycles. The molecule has 1 unspecified atom stereocenters. The first-order valence-electron chi connectivity index (χ1n) is 9.21. The average Bonchev–Trinajstić information content (AvgIpc) is 3.20.